The van der Waals surface area contributed by atoms with Crippen LogP contribution in [0.3, 0.4) is 0 Å². The Kier molecular flexibility index (Phi) is 4.12. The highest BCUT2D eigenvalue weighted by Crippen LogP contribution is 2.30. The van der Waals surface area contributed by atoms with Crippen LogP contribution in [0.4, 0.5) is 0 Å². The third kappa shape index (κ3) is 3.03. The lowest BCUT2D eigenvalue weighted by molar-refractivity contribution is 0.304. The van der Waals surface area contributed by atoms with Crippen molar-refractivity contribution in [2.75, 3.05) is 0 Å². The first-order valence-electron chi connectivity index (χ1n) is 7.03. The number of ether oxygens (including phenoxy) is 1. The molecular formula is C19H17ClO. The predicted octanol–water partition coefficient (Wildman–Crippen LogP) is 5.47. The van der Waals surface area contributed by atoms with Crippen molar-refractivity contribution in [2.24, 2.45) is 0 Å². The van der Waals surface area contributed by atoms with Crippen LogP contribution in [0.5, 0.6) is 5.75 Å². The molecule has 0 saturated heterocycles. The minimum atomic E-state index is 0.449. The molecule has 3 rings (SSSR count). The highest BCUT2D eigenvalue weighted by molar-refractivity contribution is 6.18. The number of hydrogen-bond acceptors (Lipinski definition) is 1. The van der Waals surface area contributed by atoms with Crippen molar-refractivity contribution in [1.29, 1.82) is 0 Å². The standard InChI is InChI=1S/C19H17ClO/c1-14-5-4-6-15(11-14)13-21-19-10-9-16-7-2-3-8-17(16)18(19)12-20/h2-11H,12-13H2,1H3. The average molecular weight is 297 g/mol. The zero-order valence-corrected chi connectivity index (χ0v) is 12.7. The van der Waals surface area contributed by atoms with Gasteiger partial charge < -0.3 is 4.74 Å². The molecule has 0 aliphatic heterocycles. The van der Waals surface area contributed by atoms with E-state index in [-0.39, 0.29) is 0 Å². The van der Waals surface area contributed by atoms with Gasteiger partial charge in [0.1, 0.15) is 12.4 Å². The van der Waals surface area contributed by atoms with E-state index < -0.39 is 0 Å². The van der Waals surface area contributed by atoms with Crippen molar-refractivity contribution in [2.45, 2.75) is 19.4 Å². The van der Waals surface area contributed by atoms with Crippen LogP contribution in [0.15, 0.2) is 60.7 Å². The number of halogens is 1. The second kappa shape index (κ2) is 6.19. The summed E-state index contributed by atoms with van der Waals surface area (Å²) in [5.74, 6) is 1.31. The SMILES string of the molecule is Cc1cccc(COc2ccc3ccccc3c2CCl)c1. The molecular weight excluding hydrogens is 280 g/mol. The van der Waals surface area contributed by atoms with Gasteiger partial charge in [0.05, 0.1) is 5.88 Å². The van der Waals surface area contributed by atoms with Gasteiger partial charge in [-0.2, -0.15) is 0 Å². The van der Waals surface area contributed by atoms with Gasteiger partial charge in [0.25, 0.3) is 0 Å². The van der Waals surface area contributed by atoms with Crippen LogP contribution in [-0.4, -0.2) is 0 Å². The van der Waals surface area contributed by atoms with Gasteiger partial charge in [-0.3, -0.25) is 0 Å². The van der Waals surface area contributed by atoms with Crippen molar-refractivity contribution in [1.82, 2.24) is 0 Å². The van der Waals surface area contributed by atoms with Crippen molar-refractivity contribution >= 4 is 22.4 Å². The molecule has 0 spiro atoms. The van der Waals surface area contributed by atoms with E-state index in [1.807, 2.05) is 18.2 Å². The third-order valence-electron chi connectivity index (χ3n) is 3.61. The number of hydrogen-bond donors (Lipinski definition) is 0. The lowest BCUT2D eigenvalue weighted by Crippen LogP contribution is -1.98. The summed E-state index contributed by atoms with van der Waals surface area (Å²) in [4.78, 5) is 0. The topological polar surface area (TPSA) is 9.23 Å². The second-order valence-electron chi connectivity index (χ2n) is 5.17. The Morgan fingerprint density at radius 2 is 1.81 bits per heavy atom. The van der Waals surface area contributed by atoms with Gasteiger partial charge in [0.15, 0.2) is 0 Å². The molecule has 1 nitrogen and oxygen atoms in total. The molecule has 3 aromatic rings. The van der Waals surface area contributed by atoms with Crippen LogP contribution in [0, 0.1) is 6.92 Å². The van der Waals surface area contributed by atoms with E-state index in [4.69, 9.17) is 16.3 Å². The molecule has 0 saturated carbocycles. The Hall–Kier alpha value is -1.99. The van der Waals surface area contributed by atoms with E-state index in [1.165, 1.54) is 16.5 Å². The van der Waals surface area contributed by atoms with E-state index in [0.29, 0.717) is 12.5 Å². The average Bonchev–Trinajstić information content (AvgIpc) is 2.52. The fourth-order valence-corrected chi connectivity index (χ4v) is 2.83. The molecule has 0 aliphatic carbocycles. The van der Waals surface area contributed by atoms with E-state index in [1.54, 1.807) is 0 Å². The third-order valence-corrected chi connectivity index (χ3v) is 3.88. The van der Waals surface area contributed by atoms with Gasteiger partial charge >= 0.3 is 0 Å². The summed E-state index contributed by atoms with van der Waals surface area (Å²) in [5.41, 5.74) is 3.47. The van der Waals surface area contributed by atoms with Gasteiger partial charge in [-0.05, 0) is 29.3 Å². The first kappa shape index (κ1) is 14.0. The Morgan fingerprint density at radius 1 is 0.952 bits per heavy atom. The van der Waals surface area contributed by atoms with Crippen LogP contribution < -0.4 is 4.74 Å². The first-order valence-corrected chi connectivity index (χ1v) is 7.56. The smallest absolute Gasteiger partial charge is 0.124 e. The van der Waals surface area contributed by atoms with Gasteiger partial charge in [0, 0.05) is 5.56 Å². The second-order valence-corrected chi connectivity index (χ2v) is 5.44. The summed E-state index contributed by atoms with van der Waals surface area (Å²) < 4.78 is 5.99. The summed E-state index contributed by atoms with van der Waals surface area (Å²) in [6.07, 6.45) is 0. The summed E-state index contributed by atoms with van der Waals surface area (Å²) in [6.45, 7) is 2.65. The van der Waals surface area contributed by atoms with E-state index in [0.717, 1.165) is 16.7 Å². The highest BCUT2D eigenvalue weighted by atomic mass is 35.5. The minimum absolute atomic E-state index is 0.449. The molecule has 0 atom stereocenters. The minimum Gasteiger partial charge on any atom is -0.489 e. The van der Waals surface area contributed by atoms with Crippen molar-refractivity contribution in [3.63, 3.8) is 0 Å². The lowest BCUT2D eigenvalue weighted by Gasteiger charge is -2.13. The summed E-state index contributed by atoms with van der Waals surface area (Å²) >= 11 is 6.14. The van der Waals surface area contributed by atoms with Crippen LogP contribution in [0.1, 0.15) is 16.7 Å². The first-order chi connectivity index (χ1) is 10.3. The summed E-state index contributed by atoms with van der Waals surface area (Å²) in [5, 5.41) is 2.35. The predicted molar refractivity (Wildman–Crippen MR) is 89.0 cm³/mol. The van der Waals surface area contributed by atoms with Crippen LogP contribution in [-0.2, 0) is 12.5 Å². The highest BCUT2D eigenvalue weighted by Gasteiger charge is 2.08. The van der Waals surface area contributed by atoms with Gasteiger partial charge in [-0.15, -0.1) is 11.6 Å². The zero-order valence-electron chi connectivity index (χ0n) is 12.0. The Bertz CT molecular complexity index is 764. The fourth-order valence-electron chi connectivity index (χ4n) is 2.55. The molecule has 0 amide bonds. The Morgan fingerprint density at radius 3 is 2.62 bits per heavy atom. The number of alkyl halides is 1. The summed E-state index contributed by atoms with van der Waals surface area (Å²) in [6, 6.07) is 20.7. The summed E-state index contributed by atoms with van der Waals surface area (Å²) in [7, 11) is 0. The van der Waals surface area contributed by atoms with Crippen molar-refractivity contribution in [3.05, 3.63) is 77.4 Å². The van der Waals surface area contributed by atoms with Crippen LogP contribution in [0.2, 0.25) is 0 Å². The monoisotopic (exact) mass is 296 g/mol. The van der Waals surface area contributed by atoms with Gasteiger partial charge in [-0.25, -0.2) is 0 Å². The van der Waals surface area contributed by atoms with Crippen molar-refractivity contribution < 1.29 is 4.74 Å². The zero-order chi connectivity index (χ0) is 14.7. The molecule has 0 radical (unpaired) electrons. The van der Waals surface area contributed by atoms with Crippen LogP contribution >= 0.6 is 11.6 Å². The molecule has 0 aliphatic rings. The molecule has 0 aromatic heterocycles. The maximum absolute atomic E-state index is 6.14. The van der Waals surface area contributed by atoms with Crippen LogP contribution in [0.25, 0.3) is 10.8 Å². The normalized spacial score (nSPS) is 10.8. The maximum atomic E-state index is 6.14. The molecule has 0 bridgehead atoms. The van der Waals surface area contributed by atoms with E-state index in [9.17, 15) is 0 Å². The number of aryl methyl sites for hydroxylation is 1. The maximum Gasteiger partial charge on any atom is 0.124 e. The number of fused-ring (bicyclic) bond motifs is 1. The number of rotatable bonds is 4. The van der Waals surface area contributed by atoms with E-state index in [2.05, 4.69) is 49.4 Å². The van der Waals surface area contributed by atoms with Gasteiger partial charge in [-0.1, -0.05) is 60.2 Å². The molecule has 0 heterocycles. The fraction of sp³-hybridized carbons (Fsp3) is 0.158. The molecule has 0 N–H and O–H groups in total. The Balaban J connectivity index is 1.90. The molecule has 21 heavy (non-hydrogen) atoms. The quantitative estimate of drug-likeness (QED) is 0.580. The van der Waals surface area contributed by atoms with Crippen molar-refractivity contribution in [3.8, 4) is 5.75 Å². The molecule has 2 heteroatoms. The Labute approximate surface area is 130 Å². The number of benzene rings is 3. The molecule has 106 valence electrons. The van der Waals surface area contributed by atoms with E-state index >= 15 is 0 Å². The molecule has 0 fully saturated rings. The lowest BCUT2D eigenvalue weighted by atomic mass is 10.0. The molecule has 3 aromatic carbocycles. The largest absolute Gasteiger partial charge is 0.489 e. The van der Waals surface area contributed by atoms with Gasteiger partial charge in [0.2, 0.25) is 0 Å². The molecule has 0 unspecified atom stereocenters.